The van der Waals surface area contributed by atoms with Gasteiger partial charge in [0.1, 0.15) is 23.9 Å². The fourth-order valence-corrected chi connectivity index (χ4v) is 9.33. The van der Waals surface area contributed by atoms with Crippen LogP contribution in [0.4, 0.5) is 0 Å². The fraction of sp³-hybridized carbons (Fsp3) is 0.975. The molecule has 0 saturated carbocycles. The van der Waals surface area contributed by atoms with Crippen molar-refractivity contribution in [2.75, 3.05) is 40.3 Å². The second-order valence-corrected chi connectivity index (χ2v) is 18.8. The summed E-state index contributed by atoms with van der Waals surface area (Å²) >= 11 is 0. The van der Waals surface area contributed by atoms with Crippen LogP contribution in [0, 0.1) is 23.2 Å². The van der Waals surface area contributed by atoms with Crippen LogP contribution in [0.5, 0.6) is 0 Å². The van der Waals surface area contributed by atoms with E-state index in [9.17, 15) is 20.1 Å². The molecule has 52 heavy (non-hydrogen) atoms. The highest BCUT2D eigenvalue weighted by molar-refractivity contribution is 5.73. The van der Waals surface area contributed by atoms with Crippen molar-refractivity contribution in [2.24, 2.45) is 23.2 Å². The number of nitrogens with zero attached hydrogens (tertiary/aromatic N) is 2. The first-order valence-corrected chi connectivity index (χ1v) is 20.1. The summed E-state index contributed by atoms with van der Waals surface area (Å²) in [5.41, 5.74) is -2.46. The SMILES string of the molecule is CC[C@H]1OC(=O)[C@H](C)[C@H]2OC3(CCNCC3)O[C@](C)(C[C@@H](C)CN(C)[C@H](C)[C@@H](O)[C@]1(C)O)[C@H](O[C@@H]1O[C@H](C)C[C@H](N(C)CCC(C)(C)C)[C@H]1O)[C@H]2C. The minimum absolute atomic E-state index is 0.0537. The molecule has 0 aromatic carbocycles. The Kier molecular flexibility index (Phi) is 14.4. The number of esters is 1. The first-order valence-electron chi connectivity index (χ1n) is 20.1. The lowest BCUT2D eigenvalue weighted by Crippen LogP contribution is -2.60. The third-order valence-corrected chi connectivity index (χ3v) is 12.7. The first kappa shape index (κ1) is 43.8. The lowest BCUT2D eigenvalue weighted by atomic mass is 9.78. The lowest BCUT2D eigenvalue weighted by molar-refractivity contribution is -0.329. The van der Waals surface area contributed by atoms with Gasteiger partial charge in [-0.05, 0) is 92.3 Å². The van der Waals surface area contributed by atoms with Gasteiger partial charge in [0.15, 0.2) is 12.1 Å². The molecule has 0 aromatic heterocycles. The highest BCUT2D eigenvalue weighted by Gasteiger charge is 2.58. The molecule has 4 saturated heterocycles. The molecule has 4 aliphatic heterocycles. The normalized spacial score (nSPS) is 44.6. The summed E-state index contributed by atoms with van der Waals surface area (Å²) in [7, 11) is 4.01. The summed E-state index contributed by atoms with van der Waals surface area (Å²) < 4.78 is 34.0. The summed E-state index contributed by atoms with van der Waals surface area (Å²) in [5, 5.41) is 38.6. The first-order chi connectivity index (χ1) is 24.0. The molecule has 12 nitrogen and oxygen atoms in total. The molecule has 0 aromatic rings. The van der Waals surface area contributed by atoms with Crippen molar-refractivity contribution in [3.63, 3.8) is 0 Å². The number of rotatable bonds is 6. The van der Waals surface area contributed by atoms with E-state index in [1.54, 1.807) is 13.8 Å². The quantitative estimate of drug-likeness (QED) is 0.293. The van der Waals surface area contributed by atoms with Crippen molar-refractivity contribution < 1.29 is 43.8 Å². The number of aliphatic hydroxyl groups is 3. The van der Waals surface area contributed by atoms with Gasteiger partial charge in [0.2, 0.25) is 0 Å². The van der Waals surface area contributed by atoms with Crippen molar-refractivity contribution in [2.45, 2.75) is 187 Å². The van der Waals surface area contributed by atoms with Gasteiger partial charge in [0, 0.05) is 50.5 Å². The Morgan fingerprint density at radius 1 is 1.08 bits per heavy atom. The van der Waals surface area contributed by atoms with E-state index in [4.69, 9.17) is 23.7 Å². The summed E-state index contributed by atoms with van der Waals surface area (Å²) in [5.74, 6) is -2.61. The van der Waals surface area contributed by atoms with E-state index in [1.165, 1.54) is 0 Å². The second-order valence-electron chi connectivity index (χ2n) is 18.8. The number of fused-ring (bicyclic) bond motifs is 3. The predicted octanol–water partition coefficient (Wildman–Crippen LogP) is 3.92. The monoisotopic (exact) mass is 742 g/mol. The van der Waals surface area contributed by atoms with Crippen LogP contribution in [0.2, 0.25) is 0 Å². The molecule has 0 amide bonds. The topological polar surface area (TPSA) is 142 Å². The van der Waals surface area contributed by atoms with Crippen LogP contribution in [0.1, 0.15) is 115 Å². The zero-order valence-electron chi connectivity index (χ0n) is 34.7. The van der Waals surface area contributed by atoms with Gasteiger partial charge in [0.25, 0.3) is 0 Å². The van der Waals surface area contributed by atoms with Gasteiger partial charge in [-0.25, -0.2) is 0 Å². The molecule has 4 rings (SSSR count). The van der Waals surface area contributed by atoms with E-state index >= 15 is 0 Å². The molecule has 2 bridgehead atoms. The smallest absolute Gasteiger partial charge is 0.311 e. The molecule has 0 aliphatic carbocycles. The highest BCUT2D eigenvalue weighted by atomic mass is 16.7. The van der Waals surface area contributed by atoms with Crippen molar-refractivity contribution in [1.82, 2.24) is 15.1 Å². The van der Waals surface area contributed by atoms with Crippen LogP contribution < -0.4 is 5.32 Å². The van der Waals surface area contributed by atoms with Crippen LogP contribution in [-0.4, -0.2) is 143 Å². The molecule has 4 N–H and O–H groups in total. The minimum Gasteiger partial charge on any atom is -0.459 e. The number of piperidine rings is 1. The van der Waals surface area contributed by atoms with Gasteiger partial charge in [-0.3, -0.25) is 4.79 Å². The minimum atomic E-state index is -1.69. The molecular weight excluding hydrogens is 666 g/mol. The molecule has 4 heterocycles. The van der Waals surface area contributed by atoms with Crippen molar-refractivity contribution in [3.8, 4) is 0 Å². The number of likely N-dealkylation sites (N-methyl/N-ethyl adjacent to an activating group) is 2. The number of aliphatic hydroxyl groups excluding tert-OH is 2. The van der Waals surface area contributed by atoms with Gasteiger partial charge in [-0.1, -0.05) is 41.5 Å². The van der Waals surface area contributed by atoms with Gasteiger partial charge >= 0.3 is 5.97 Å². The molecule has 4 fully saturated rings. The summed E-state index contributed by atoms with van der Waals surface area (Å²) in [6, 6.07) is -0.605. The Morgan fingerprint density at radius 3 is 2.31 bits per heavy atom. The van der Waals surface area contributed by atoms with E-state index < -0.39 is 77.6 Å². The molecule has 1 spiro atoms. The number of ether oxygens (including phenoxy) is 5. The maximum absolute atomic E-state index is 14.2. The van der Waals surface area contributed by atoms with Crippen LogP contribution in [0.3, 0.4) is 0 Å². The standard InChI is InChI=1S/C40H75N3O9/c1-14-30-39(11,47)33(45)28(6)43(13)23-24(2)22-38(10)34(50-36-31(44)29(21-25(3)48-36)42(12)20-17-37(7,8)9)26(4)32(27(5)35(46)49-30)51-40(52-38)15-18-41-19-16-40/h24-34,36,41,44-45,47H,14-23H2,1-13H3/t24-,25-,26+,27-,28-,29+,30-,31-,32+,33-,34-,36+,38-,39-/m1/s1. The third kappa shape index (κ3) is 9.89. The number of hydrogen-bond donors (Lipinski definition) is 4. The summed E-state index contributed by atoms with van der Waals surface area (Å²) in [6.45, 7) is 24.9. The predicted molar refractivity (Wildman–Crippen MR) is 201 cm³/mol. The number of carbonyl (C=O) groups is 1. The van der Waals surface area contributed by atoms with E-state index in [1.807, 2.05) is 39.6 Å². The highest BCUT2D eigenvalue weighted by Crippen LogP contribution is 2.47. The second kappa shape index (κ2) is 17.1. The van der Waals surface area contributed by atoms with E-state index in [0.29, 0.717) is 51.7 Å². The Morgan fingerprint density at radius 2 is 1.71 bits per heavy atom. The van der Waals surface area contributed by atoms with Crippen molar-refractivity contribution in [1.29, 1.82) is 0 Å². The lowest BCUT2D eigenvalue weighted by Gasteiger charge is -2.49. The van der Waals surface area contributed by atoms with Crippen LogP contribution in [0.15, 0.2) is 0 Å². The van der Waals surface area contributed by atoms with Gasteiger partial charge in [-0.15, -0.1) is 0 Å². The Bertz CT molecular complexity index is 1160. The largest absolute Gasteiger partial charge is 0.459 e. The number of cyclic esters (lactones) is 1. The average molecular weight is 742 g/mol. The van der Waals surface area contributed by atoms with E-state index in [-0.39, 0.29) is 23.5 Å². The molecule has 0 radical (unpaired) electrons. The van der Waals surface area contributed by atoms with E-state index in [0.717, 1.165) is 13.0 Å². The average Bonchev–Trinajstić information content (AvgIpc) is 3.13. The summed E-state index contributed by atoms with van der Waals surface area (Å²) in [4.78, 5) is 18.5. The molecular formula is C40H75N3O9. The Balaban J connectivity index is 1.80. The molecule has 0 unspecified atom stereocenters. The van der Waals surface area contributed by atoms with Crippen molar-refractivity contribution in [3.05, 3.63) is 0 Å². The van der Waals surface area contributed by atoms with Gasteiger partial charge in [0.05, 0.1) is 29.8 Å². The van der Waals surface area contributed by atoms with Gasteiger partial charge in [-0.2, -0.15) is 0 Å². The maximum atomic E-state index is 14.2. The molecule has 304 valence electrons. The third-order valence-electron chi connectivity index (χ3n) is 12.7. The van der Waals surface area contributed by atoms with Crippen molar-refractivity contribution >= 4 is 5.97 Å². The van der Waals surface area contributed by atoms with Crippen LogP contribution >= 0.6 is 0 Å². The van der Waals surface area contributed by atoms with Crippen LogP contribution in [0.25, 0.3) is 0 Å². The number of nitrogens with one attached hydrogen (secondary N) is 1. The molecule has 4 aliphatic rings. The summed E-state index contributed by atoms with van der Waals surface area (Å²) in [6.07, 6.45) is -1.72. The zero-order chi connectivity index (χ0) is 39.0. The zero-order valence-corrected chi connectivity index (χ0v) is 34.7. The van der Waals surface area contributed by atoms with Crippen LogP contribution in [-0.2, 0) is 28.5 Å². The maximum Gasteiger partial charge on any atom is 0.311 e. The Hall–Kier alpha value is -0.930. The fourth-order valence-electron chi connectivity index (χ4n) is 9.33. The van der Waals surface area contributed by atoms with Gasteiger partial charge < -0.3 is 54.1 Å². The number of carbonyl (C=O) groups excluding carboxylic acids is 1. The molecule has 14 atom stereocenters. The Labute approximate surface area is 314 Å². The molecule has 12 heteroatoms. The number of hydrogen-bond acceptors (Lipinski definition) is 12. The van der Waals surface area contributed by atoms with E-state index in [2.05, 4.69) is 51.9 Å².